The van der Waals surface area contributed by atoms with Gasteiger partial charge in [-0.05, 0) is 83.3 Å². The van der Waals surface area contributed by atoms with Crippen molar-refractivity contribution >= 4 is 47.2 Å². The Bertz CT molecular complexity index is 2110. The third-order valence-corrected chi connectivity index (χ3v) is 11.5. The van der Waals surface area contributed by atoms with Gasteiger partial charge in [-0.2, -0.15) is 0 Å². The number of alkyl carbamates (subject to hydrolysis) is 2. The van der Waals surface area contributed by atoms with Crippen LogP contribution in [0, 0.1) is 0 Å². The van der Waals surface area contributed by atoms with Gasteiger partial charge in [0.05, 0.1) is 14.2 Å². The van der Waals surface area contributed by atoms with E-state index >= 15 is 0 Å². The smallest absolute Gasteiger partial charge is 0.407 e. The maximum Gasteiger partial charge on any atom is 0.407 e. The van der Waals surface area contributed by atoms with Crippen LogP contribution >= 0.6 is 0 Å². The van der Waals surface area contributed by atoms with Crippen molar-refractivity contribution in [1.82, 2.24) is 20.4 Å². The highest BCUT2D eigenvalue weighted by Crippen LogP contribution is 2.50. The number of likely N-dealkylation sites (tertiary alicyclic amines) is 2. The molecule has 6 amide bonds. The van der Waals surface area contributed by atoms with E-state index < -0.39 is 53.6 Å². The van der Waals surface area contributed by atoms with Gasteiger partial charge in [-0.1, -0.05) is 86.6 Å². The Balaban J connectivity index is 1.04. The molecule has 4 aromatic carbocycles. The number of amides is 6. The molecule has 7 rings (SSSR count). The van der Waals surface area contributed by atoms with Gasteiger partial charge in [0.1, 0.15) is 24.2 Å². The molecule has 1 aliphatic carbocycles. The third kappa shape index (κ3) is 8.20. The quantitative estimate of drug-likeness (QED) is 0.150. The first kappa shape index (κ1) is 40.5. The highest BCUT2D eigenvalue weighted by molar-refractivity contribution is 6.01. The second kappa shape index (κ2) is 17.0. The fourth-order valence-corrected chi connectivity index (χ4v) is 8.50. The molecule has 2 heterocycles. The summed E-state index contributed by atoms with van der Waals surface area (Å²) < 4.78 is 9.58. The Kier molecular flexibility index (Phi) is 11.7. The molecule has 0 radical (unpaired) electrons. The monoisotopic (exact) mass is 800 g/mol. The Labute approximate surface area is 342 Å². The molecular formula is C45H48N6O8. The van der Waals surface area contributed by atoms with Crippen LogP contribution in [0.2, 0.25) is 0 Å². The summed E-state index contributed by atoms with van der Waals surface area (Å²) in [7, 11) is 2.46. The molecule has 4 atom stereocenters. The number of benzene rings is 4. The lowest BCUT2D eigenvalue weighted by Crippen LogP contribution is -2.48. The van der Waals surface area contributed by atoms with Gasteiger partial charge in [0, 0.05) is 29.9 Å². The predicted octanol–water partition coefficient (Wildman–Crippen LogP) is 6.05. The zero-order chi connectivity index (χ0) is 41.8. The molecule has 14 nitrogen and oxygen atoms in total. The minimum atomic E-state index is -1.02. The van der Waals surface area contributed by atoms with E-state index in [-0.39, 0.29) is 11.8 Å². The average Bonchev–Trinajstić information content (AvgIpc) is 4.00. The number of methoxy groups -OCH3 is 2. The van der Waals surface area contributed by atoms with Crippen molar-refractivity contribution in [1.29, 1.82) is 0 Å². The highest BCUT2D eigenvalue weighted by atomic mass is 16.5. The van der Waals surface area contributed by atoms with E-state index in [1.54, 1.807) is 48.5 Å². The number of nitrogens with one attached hydrogen (secondary N) is 4. The number of fused-ring (bicyclic) bond motifs is 3. The number of carbonyl (C=O) groups is 6. The van der Waals surface area contributed by atoms with Crippen LogP contribution in [0.25, 0.3) is 11.1 Å². The van der Waals surface area contributed by atoms with Gasteiger partial charge in [-0.3, -0.25) is 19.2 Å². The van der Waals surface area contributed by atoms with E-state index in [9.17, 15) is 28.8 Å². The molecule has 0 unspecified atom stereocenters. The van der Waals surface area contributed by atoms with Crippen LogP contribution in [-0.4, -0.2) is 85.0 Å². The van der Waals surface area contributed by atoms with Crippen LogP contribution in [0.5, 0.6) is 0 Å². The lowest BCUT2D eigenvalue weighted by molar-refractivity contribution is -0.138. The first-order valence-electron chi connectivity index (χ1n) is 19.7. The lowest BCUT2D eigenvalue weighted by atomic mass is 9.82. The summed E-state index contributed by atoms with van der Waals surface area (Å²) in [6.45, 7) is 4.90. The summed E-state index contributed by atoms with van der Waals surface area (Å²) in [5, 5.41) is 11.3. The van der Waals surface area contributed by atoms with Crippen molar-refractivity contribution in [3.63, 3.8) is 0 Å². The van der Waals surface area contributed by atoms with Crippen LogP contribution in [0.1, 0.15) is 73.9 Å². The molecule has 59 heavy (non-hydrogen) atoms. The Morgan fingerprint density at radius 2 is 0.983 bits per heavy atom. The molecule has 4 N–H and O–H groups in total. The fourth-order valence-electron chi connectivity index (χ4n) is 8.50. The minimum absolute atomic E-state index is 0.324. The summed E-state index contributed by atoms with van der Waals surface area (Å²) in [4.78, 5) is 82.9. The van der Waals surface area contributed by atoms with Gasteiger partial charge in [-0.25, -0.2) is 9.59 Å². The first-order chi connectivity index (χ1) is 28.4. The van der Waals surface area contributed by atoms with Crippen molar-refractivity contribution in [2.75, 3.05) is 37.9 Å². The van der Waals surface area contributed by atoms with Gasteiger partial charge >= 0.3 is 12.2 Å². The van der Waals surface area contributed by atoms with Gasteiger partial charge in [-0.15, -0.1) is 0 Å². The average molecular weight is 801 g/mol. The molecule has 0 saturated carbocycles. The van der Waals surface area contributed by atoms with E-state index in [0.717, 1.165) is 22.3 Å². The van der Waals surface area contributed by atoms with Crippen molar-refractivity contribution in [3.8, 4) is 11.1 Å². The largest absolute Gasteiger partial charge is 0.453 e. The van der Waals surface area contributed by atoms with Crippen molar-refractivity contribution in [2.45, 2.75) is 69.1 Å². The standard InChI is InChI=1S/C45H48N6O8/c1-45(2)33-25-29(46-39(52)35-17-11-23-50(35)41(54)37(48-43(56)58-3)27-13-7-5-8-14-27)19-21-31(33)32-22-20-30(26-34(32)45)47-40(53)36-18-12-24-51(36)42(55)38(49-44(57)59-4)28-15-9-6-10-16-28/h5-10,13-16,19-22,25-26,35-38H,11-12,17-18,23-24H2,1-4H3,(H,46,52)(H,47,53)(H,48,56)(H,49,57)/t35-,36-,37+,38+/m0/s1. The number of ether oxygens (including phenoxy) is 2. The third-order valence-electron chi connectivity index (χ3n) is 11.5. The Morgan fingerprint density at radius 3 is 1.36 bits per heavy atom. The molecule has 306 valence electrons. The predicted molar refractivity (Wildman–Crippen MR) is 220 cm³/mol. The number of nitrogens with zero attached hydrogens (tertiary/aromatic N) is 2. The number of hydrogen-bond acceptors (Lipinski definition) is 8. The van der Waals surface area contributed by atoms with E-state index in [2.05, 4.69) is 35.1 Å². The van der Waals surface area contributed by atoms with E-state index in [1.807, 2.05) is 48.5 Å². The molecule has 3 aliphatic rings. The van der Waals surface area contributed by atoms with Gasteiger partial charge in [0.25, 0.3) is 11.8 Å². The lowest BCUT2D eigenvalue weighted by Gasteiger charge is -2.29. The number of carbonyl (C=O) groups excluding carboxylic acids is 6. The fraction of sp³-hybridized carbons (Fsp3) is 0.333. The van der Waals surface area contributed by atoms with Crippen LogP contribution in [0.15, 0.2) is 97.1 Å². The highest BCUT2D eigenvalue weighted by Gasteiger charge is 2.41. The molecule has 0 aromatic heterocycles. The summed E-state index contributed by atoms with van der Waals surface area (Å²) in [6, 6.07) is 25.7. The minimum Gasteiger partial charge on any atom is -0.453 e. The Hall–Kier alpha value is -6.70. The molecule has 2 saturated heterocycles. The molecular weight excluding hydrogens is 753 g/mol. The van der Waals surface area contributed by atoms with E-state index in [4.69, 9.17) is 9.47 Å². The molecule has 14 heteroatoms. The van der Waals surface area contributed by atoms with Crippen molar-refractivity contribution in [2.24, 2.45) is 0 Å². The van der Waals surface area contributed by atoms with Crippen molar-refractivity contribution < 1.29 is 38.2 Å². The maximum atomic E-state index is 13.9. The van der Waals surface area contributed by atoms with Crippen LogP contribution < -0.4 is 21.3 Å². The van der Waals surface area contributed by atoms with E-state index in [0.29, 0.717) is 61.3 Å². The van der Waals surface area contributed by atoms with Crippen LogP contribution in [0.3, 0.4) is 0 Å². The van der Waals surface area contributed by atoms with Gasteiger partial charge in [0.2, 0.25) is 11.8 Å². The zero-order valence-electron chi connectivity index (χ0n) is 33.5. The second-order valence-corrected chi connectivity index (χ2v) is 15.5. The Morgan fingerprint density at radius 1 is 0.593 bits per heavy atom. The maximum absolute atomic E-state index is 13.9. The molecule has 0 spiro atoms. The summed E-state index contributed by atoms with van der Waals surface area (Å²) >= 11 is 0. The topological polar surface area (TPSA) is 175 Å². The second-order valence-electron chi connectivity index (χ2n) is 15.5. The van der Waals surface area contributed by atoms with Crippen LogP contribution in [-0.2, 0) is 34.1 Å². The molecule has 0 bridgehead atoms. The summed E-state index contributed by atoms with van der Waals surface area (Å²) in [6.07, 6.45) is 0.700. The van der Waals surface area contributed by atoms with Crippen molar-refractivity contribution in [3.05, 3.63) is 119 Å². The molecule has 4 aromatic rings. The summed E-state index contributed by atoms with van der Waals surface area (Å²) in [5.41, 5.74) is 5.76. The number of anilines is 2. The SMILES string of the molecule is COC(=O)N[C@@H](C(=O)N1CCC[C@H]1C(=O)Nc1ccc2c(c1)C(C)(C)c1cc(NC(=O)[C@@H]3CCCN3C(=O)[C@H](NC(=O)OC)c3ccccc3)ccc1-2)c1ccccc1. The van der Waals surface area contributed by atoms with Gasteiger partial charge in [0.15, 0.2) is 0 Å². The zero-order valence-corrected chi connectivity index (χ0v) is 33.5. The van der Waals surface area contributed by atoms with E-state index in [1.165, 1.54) is 24.0 Å². The first-order valence-corrected chi connectivity index (χ1v) is 19.7. The summed E-state index contributed by atoms with van der Waals surface area (Å²) in [5.74, 6) is -1.44. The van der Waals surface area contributed by atoms with Crippen LogP contribution in [0.4, 0.5) is 21.0 Å². The number of hydrogen-bond donors (Lipinski definition) is 4. The normalized spacial score (nSPS) is 18.4. The molecule has 2 fully saturated rings. The number of rotatable bonds is 10. The van der Waals surface area contributed by atoms with Gasteiger partial charge < -0.3 is 40.5 Å². The molecule has 2 aliphatic heterocycles.